The van der Waals surface area contributed by atoms with Crippen molar-refractivity contribution in [1.29, 1.82) is 0 Å². The van der Waals surface area contributed by atoms with Gasteiger partial charge < -0.3 is 9.64 Å². The Balaban J connectivity index is 2.32. The molecule has 0 amide bonds. The minimum absolute atomic E-state index is 0.291. The summed E-state index contributed by atoms with van der Waals surface area (Å²) >= 11 is 0. The van der Waals surface area contributed by atoms with Crippen LogP contribution in [-0.4, -0.2) is 31.1 Å². The lowest BCUT2D eigenvalue weighted by molar-refractivity contribution is 0.211. The maximum Gasteiger partial charge on any atom is 0.165 e. The van der Waals surface area contributed by atoms with Gasteiger partial charge >= 0.3 is 0 Å². The van der Waals surface area contributed by atoms with Crippen molar-refractivity contribution >= 4 is 0 Å². The van der Waals surface area contributed by atoms with Crippen molar-refractivity contribution in [3.8, 4) is 5.75 Å². The Hall–Kier alpha value is -1.09. The van der Waals surface area contributed by atoms with Crippen molar-refractivity contribution in [3.05, 3.63) is 30.1 Å². The summed E-state index contributed by atoms with van der Waals surface area (Å²) in [5, 5.41) is 0. The first-order valence-corrected chi connectivity index (χ1v) is 5.87. The molecule has 90 valence electrons. The van der Waals surface area contributed by atoms with Crippen LogP contribution in [0.1, 0.15) is 20.3 Å². The van der Waals surface area contributed by atoms with Crippen molar-refractivity contribution in [3.63, 3.8) is 0 Å². The van der Waals surface area contributed by atoms with Crippen LogP contribution in [0.25, 0.3) is 0 Å². The zero-order valence-electron chi connectivity index (χ0n) is 10.1. The molecule has 0 unspecified atom stereocenters. The highest BCUT2D eigenvalue weighted by molar-refractivity contribution is 5.23. The van der Waals surface area contributed by atoms with E-state index in [-0.39, 0.29) is 5.82 Å². The van der Waals surface area contributed by atoms with Gasteiger partial charge in [0.2, 0.25) is 0 Å². The second-order valence-corrected chi connectivity index (χ2v) is 3.71. The van der Waals surface area contributed by atoms with E-state index in [0.717, 1.165) is 26.1 Å². The van der Waals surface area contributed by atoms with Crippen molar-refractivity contribution in [2.75, 3.05) is 26.2 Å². The summed E-state index contributed by atoms with van der Waals surface area (Å²) in [5.74, 6) is 0.0519. The molecule has 0 aliphatic heterocycles. The van der Waals surface area contributed by atoms with Gasteiger partial charge in [-0.2, -0.15) is 0 Å². The fraction of sp³-hybridized carbons (Fsp3) is 0.538. The molecule has 16 heavy (non-hydrogen) atoms. The molecule has 0 saturated heterocycles. The van der Waals surface area contributed by atoms with E-state index in [9.17, 15) is 4.39 Å². The molecule has 1 rings (SSSR count). The maximum atomic E-state index is 13.2. The lowest BCUT2D eigenvalue weighted by atomic mass is 10.3. The molecule has 0 saturated carbocycles. The van der Waals surface area contributed by atoms with Gasteiger partial charge in [-0.25, -0.2) is 4.39 Å². The molecule has 1 aromatic carbocycles. The number of benzene rings is 1. The van der Waals surface area contributed by atoms with E-state index >= 15 is 0 Å². The summed E-state index contributed by atoms with van der Waals surface area (Å²) in [7, 11) is 0. The zero-order chi connectivity index (χ0) is 11.8. The Morgan fingerprint density at radius 2 is 1.94 bits per heavy atom. The molecule has 0 fully saturated rings. The van der Waals surface area contributed by atoms with Gasteiger partial charge in [-0.15, -0.1) is 0 Å². The van der Waals surface area contributed by atoms with E-state index in [2.05, 4.69) is 18.7 Å². The Morgan fingerprint density at radius 1 is 1.19 bits per heavy atom. The van der Waals surface area contributed by atoms with Crippen LogP contribution in [0, 0.1) is 5.82 Å². The van der Waals surface area contributed by atoms with E-state index in [1.807, 2.05) is 0 Å². The number of halogens is 1. The topological polar surface area (TPSA) is 12.5 Å². The van der Waals surface area contributed by atoms with Crippen molar-refractivity contribution < 1.29 is 9.13 Å². The Kier molecular flexibility index (Phi) is 5.86. The van der Waals surface area contributed by atoms with Gasteiger partial charge in [0.05, 0.1) is 0 Å². The van der Waals surface area contributed by atoms with E-state index in [1.54, 1.807) is 18.2 Å². The average Bonchev–Trinajstić information content (AvgIpc) is 2.30. The van der Waals surface area contributed by atoms with Crippen LogP contribution in [0.5, 0.6) is 5.75 Å². The maximum absolute atomic E-state index is 13.2. The van der Waals surface area contributed by atoms with Crippen LogP contribution in [0.2, 0.25) is 0 Å². The summed E-state index contributed by atoms with van der Waals surface area (Å²) in [5.41, 5.74) is 0. The average molecular weight is 225 g/mol. The molecule has 0 heterocycles. The summed E-state index contributed by atoms with van der Waals surface area (Å²) in [6.45, 7) is 7.73. The van der Waals surface area contributed by atoms with Crippen molar-refractivity contribution in [1.82, 2.24) is 4.90 Å². The highest BCUT2D eigenvalue weighted by atomic mass is 19.1. The molecular formula is C13H20FNO. The third-order valence-corrected chi connectivity index (χ3v) is 2.49. The van der Waals surface area contributed by atoms with Crippen LogP contribution in [-0.2, 0) is 0 Å². The molecule has 0 atom stereocenters. The molecule has 1 aromatic rings. The molecule has 0 aromatic heterocycles. The van der Waals surface area contributed by atoms with E-state index < -0.39 is 0 Å². The van der Waals surface area contributed by atoms with Gasteiger partial charge in [0, 0.05) is 6.54 Å². The molecule has 0 bridgehead atoms. The molecule has 0 radical (unpaired) electrons. The van der Waals surface area contributed by atoms with Gasteiger partial charge in [-0.1, -0.05) is 26.0 Å². The van der Waals surface area contributed by atoms with Crippen molar-refractivity contribution in [2.45, 2.75) is 20.3 Å². The lowest BCUT2D eigenvalue weighted by Gasteiger charge is -2.19. The first-order chi connectivity index (χ1) is 7.77. The van der Waals surface area contributed by atoms with Gasteiger partial charge in [-0.3, -0.25) is 0 Å². The molecule has 0 aliphatic rings. The predicted octanol–water partition coefficient (Wildman–Crippen LogP) is 2.94. The number of hydrogen-bond donors (Lipinski definition) is 0. The number of ether oxygens (including phenoxy) is 1. The summed E-state index contributed by atoms with van der Waals surface area (Å²) < 4.78 is 18.6. The summed E-state index contributed by atoms with van der Waals surface area (Å²) in [6.07, 6.45) is 1.13. The number of hydrogen-bond acceptors (Lipinski definition) is 2. The molecule has 0 N–H and O–H groups in total. The Labute approximate surface area is 97.0 Å². The standard InChI is InChI=1S/C13H20FNO/c1-3-9-15(4-2)10-11-16-13-8-6-5-7-12(13)14/h5-8H,3-4,9-11H2,1-2H3. The first kappa shape index (κ1) is 13.0. The monoisotopic (exact) mass is 225 g/mol. The summed E-state index contributed by atoms with van der Waals surface area (Å²) in [4.78, 5) is 2.29. The normalized spacial score (nSPS) is 10.8. The van der Waals surface area contributed by atoms with Crippen LogP contribution in [0.3, 0.4) is 0 Å². The number of likely N-dealkylation sites (N-methyl/N-ethyl adjacent to an activating group) is 1. The highest BCUT2D eigenvalue weighted by Gasteiger charge is 2.03. The molecule has 0 aliphatic carbocycles. The molecule has 2 nitrogen and oxygen atoms in total. The van der Waals surface area contributed by atoms with E-state index in [4.69, 9.17) is 4.74 Å². The smallest absolute Gasteiger partial charge is 0.165 e. The van der Waals surface area contributed by atoms with Crippen molar-refractivity contribution in [2.24, 2.45) is 0 Å². The zero-order valence-corrected chi connectivity index (χ0v) is 10.1. The quantitative estimate of drug-likeness (QED) is 0.707. The van der Waals surface area contributed by atoms with E-state index in [1.165, 1.54) is 6.07 Å². The minimum Gasteiger partial charge on any atom is -0.489 e. The molecule has 3 heteroatoms. The second kappa shape index (κ2) is 7.23. The molecule has 0 spiro atoms. The third-order valence-electron chi connectivity index (χ3n) is 2.49. The Morgan fingerprint density at radius 3 is 2.56 bits per heavy atom. The van der Waals surface area contributed by atoms with Gasteiger partial charge in [0.1, 0.15) is 6.61 Å². The number of nitrogens with zero attached hydrogens (tertiary/aromatic N) is 1. The number of rotatable bonds is 7. The second-order valence-electron chi connectivity index (χ2n) is 3.71. The fourth-order valence-corrected chi connectivity index (χ4v) is 1.59. The van der Waals surface area contributed by atoms with Gasteiger partial charge in [-0.05, 0) is 31.6 Å². The summed E-state index contributed by atoms with van der Waals surface area (Å²) in [6, 6.07) is 6.52. The minimum atomic E-state index is -0.291. The van der Waals surface area contributed by atoms with Crippen LogP contribution >= 0.6 is 0 Å². The number of para-hydroxylation sites is 1. The van der Waals surface area contributed by atoms with Gasteiger partial charge in [0.25, 0.3) is 0 Å². The predicted molar refractivity (Wildman–Crippen MR) is 64.3 cm³/mol. The highest BCUT2D eigenvalue weighted by Crippen LogP contribution is 2.14. The first-order valence-electron chi connectivity index (χ1n) is 5.87. The lowest BCUT2D eigenvalue weighted by Crippen LogP contribution is -2.29. The van der Waals surface area contributed by atoms with Crippen LogP contribution in [0.15, 0.2) is 24.3 Å². The largest absolute Gasteiger partial charge is 0.489 e. The third kappa shape index (κ3) is 4.19. The van der Waals surface area contributed by atoms with Gasteiger partial charge in [0.15, 0.2) is 11.6 Å². The molecular weight excluding hydrogens is 205 g/mol. The Bertz CT molecular complexity index is 304. The van der Waals surface area contributed by atoms with Crippen LogP contribution in [0.4, 0.5) is 4.39 Å². The van der Waals surface area contributed by atoms with E-state index in [0.29, 0.717) is 12.4 Å². The SMILES string of the molecule is CCCN(CC)CCOc1ccccc1F. The fourth-order valence-electron chi connectivity index (χ4n) is 1.59. The van der Waals surface area contributed by atoms with Crippen LogP contribution < -0.4 is 4.74 Å².